The van der Waals surface area contributed by atoms with Crippen LogP contribution in [-0.4, -0.2) is 6.08 Å². The van der Waals surface area contributed by atoms with Gasteiger partial charge in [-0.15, -0.1) is 0 Å². The molecular formula is C13H13NO. The van der Waals surface area contributed by atoms with E-state index in [2.05, 4.69) is 4.99 Å². The zero-order valence-electron chi connectivity index (χ0n) is 12.3. The summed E-state index contributed by atoms with van der Waals surface area (Å²) >= 11 is 0. The lowest BCUT2D eigenvalue weighted by Crippen LogP contribution is -1.91. The van der Waals surface area contributed by atoms with Crippen LogP contribution in [0.15, 0.2) is 11.1 Å². The lowest BCUT2D eigenvalue weighted by Gasteiger charge is -2.09. The minimum absolute atomic E-state index is 0.188. The second-order valence-corrected chi connectivity index (χ2v) is 3.85. The van der Waals surface area contributed by atoms with Crippen LogP contribution >= 0.6 is 0 Å². The molecule has 0 aromatic heterocycles. The van der Waals surface area contributed by atoms with Crippen LogP contribution < -0.4 is 0 Å². The van der Waals surface area contributed by atoms with Gasteiger partial charge in [-0.2, -0.15) is 4.99 Å². The SMILES string of the molecule is [2H]C1([2H])CCc2cc3c(c(N=C=O)c21)C([2H])([2H])CC3. The van der Waals surface area contributed by atoms with E-state index in [0.717, 1.165) is 11.1 Å². The number of isocyanates is 1. The fraction of sp³-hybridized carbons (Fsp3) is 0.462. The van der Waals surface area contributed by atoms with Gasteiger partial charge in [-0.05, 0) is 60.7 Å². The smallest absolute Gasteiger partial charge is 0.211 e. The van der Waals surface area contributed by atoms with E-state index in [9.17, 15) is 4.79 Å². The van der Waals surface area contributed by atoms with Crippen LogP contribution in [0.3, 0.4) is 0 Å². The van der Waals surface area contributed by atoms with Crippen molar-refractivity contribution in [2.24, 2.45) is 4.99 Å². The number of nitrogens with zero attached hydrogens (tertiary/aromatic N) is 1. The summed E-state index contributed by atoms with van der Waals surface area (Å²) in [4.78, 5) is 14.3. The molecule has 0 N–H and O–H groups in total. The summed E-state index contributed by atoms with van der Waals surface area (Å²) in [5.74, 6) is 0. The molecule has 0 bridgehead atoms. The molecule has 15 heavy (non-hydrogen) atoms. The zero-order valence-corrected chi connectivity index (χ0v) is 8.26. The van der Waals surface area contributed by atoms with Crippen LogP contribution in [0.5, 0.6) is 0 Å². The third kappa shape index (κ3) is 1.25. The molecule has 0 aliphatic heterocycles. The van der Waals surface area contributed by atoms with E-state index in [1.807, 2.05) is 6.07 Å². The number of fused-ring (bicyclic) bond motifs is 2. The van der Waals surface area contributed by atoms with Crippen LogP contribution in [0.2, 0.25) is 0 Å². The molecule has 2 nitrogen and oxygen atoms in total. The second kappa shape index (κ2) is 3.32. The Balaban J connectivity index is 2.38. The van der Waals surface area contributed by atoms with Crippen LogP contribution in [-0.2, 0) is 30.4 Å². The van der Waals surface area contributed by atoms with Crippen molar-refractivity contribution in [3.05, 3.63) is 28.3 Å². The molecule has 1 aromatic carbocycles. The predicted molar refractivity (Wildman–Crippen MR) is 58.3 cm³/mol. The minimum atomic E-state index is -1.54. The highest BCUT2D eigenvalue weighted by Crippen LogP contribution is 2.39. The number of hydrogen-bond acceptors (Lipinski definition) is 2. The standard InChI is InChI=1S/C13H13NO/c15-8-14-13-11-5-1-3-9(11)7-10-4-2-6-12(10)13/h7H,1-6H2/i5D2,6D2. The monoisotopic (exact) mass is 203 g/mol. The van der Waals surface area contributed by atoms with Gasteiger partial charge < -0.3 is 0 Å². The van der Waals surface area contributed by atoms with Crippen molar-refractivity contribution in [3.8, 4) is 0 Å². The lowest BCUT2D eigenvalue weighted by molar-refractivity contribution is 0.565. The first kappa shape index (κ1) is 5.62. The quantitative estimate of drug-likeness (QED) is 0.509. The maximum Gasteiger partial charge on any atom is 0.240 e. The maximum atomic E-state index is 10.7. The first-order valence-corrected chi connectivity index (χ1v) is 5.14. The van der Waals surface area contributed by atoms with E-state index in [0.29, 0.717) is 36.8 Å². The summed E-state index contributed by atoms with van der Waals surface area (Å²) in [5.41, 5.74) is 2.68. The summed E-state index contributed by atoms with van der Waals surface area (Å²) in [6.45, 7) is 0. The van der Waals surface area contributed by atoms with Gasteiger partial charge in [0.2, 0.25) is 6.08 Å². The summed E-state index contributed by atoms with van der Waals surface area (Å²) in [6, 6.07) is 1.89. The van der Waals surface area contributed by atoms with E-state index in [1.165, 1.54) is 6.08 Å². The second-order valence-electron chi connectivity index (χ2n) is 3.85. The van der Waals surface area contributed by atoms with E-state index >= 15 is 0 Å². The highest BCUT2D eigenvalue weighted by atomic mass is 16.1. The summed E-state index contributed by atoms with van der Waals surface area (Å²) in [6.07, 6.45) is 0.310. The van der Waals surface area contributed by atoms with E-state index in [-0.39, 0.29) is 5.69 Å². The third-order valence-electron chi connectivity index (χ3n) is 3.01. The van der Waals surface area contributed by atoms with Gasteiger partial charge in [0.25, 0.3) is 0 Å². The first-order valence-electron chi connectivity index (χ1n) is 7.14. The van der Waals surface area contributed by atoms with Crippen molar-refractivity contribution in [3.63, 3.8) is 0 Å². The molecule has 0 saturated carbocycles. The van der Waals surface area contributed by atoms with Gasteiger partial charge in [-0.3, -0.25) is 0 Å². The van der Waals surface area contributed by atoms with Gasteiger partial charge in [0.1, 0.15) is 0 Å². The van der Waals surface area contributed by atoms with E-state index < -0.39 is 12.7 Å². The Bertz CT molecular complexity index is 575. The molecule has 0 fully saturated rings. The molecule has 0 saturated heterocycles. The number of benzene rings is 1. The van der Waals surface area contributed by atoms with Crippen molar-refractivity contribution in [1.82, 2.24) is 0 Å². The van der Waals surface area contributed by atoms with E-state index in [4.69, 9.17) is 5.48 Å². The molecule has 0 unspecified atom stereocenters. The lowest BCUT2D eigenvalue weighted by atomic mass is 9.99. The van der Waals surface area contributed by atoms with Gasteiger partial charge >= 0.3 is 0 Å². The van der Waals surface area contributed by atoms with Crippen molar-refractivity contribution in [2.45, 2.75) is 38.4 Å². The number of aliphatic imine (C=N–C) groups is 1. The predicted octanol–water partition coefficient (Wildman–Crippen LogP) is 2.63. The molecule has 2 aliphatic carbocycles. The van der Waals surface area contributed by atoms with Gasteiger partial charge in [-0.1, -0.05) is 6.07 Å². The van der Waals surface area contributed by atoms with Gasteiger partial charge in [0.05, 0.1) is 5.69 Å². The van der Waals surface area contributed by atoms with Crippen molar-refractivity contribution >= 4 is 11.8 Å². The molecule has 0 amide bonds. The Kier molecular flexibility index (Phi) is 1.24. The van der Waals surface area contributed by atoms with Crippen molar-refractivity contribution in [1.29, 1.82) is 0 Å². The summed E-state index contributed by atoms with van der Waals surface area (Å²) < 4.78 is 32.1. The van der Waals surface area contributed by atoms with Crippen LogP contribution in [0.1, 0.15) is 40.6 Å². The average Bonchev–Trinajstić information content (AvgIpc) is 2.78. The fourth-order valence-corrected chi connectivity index (χ4v) is 2.37. The van der Waals surface area contributed by atoms with Gasteiger partial charge in [0.15, 0.2) is 0 Å². The average molecular weight is 203 g/mol. The molecule has 2 heteroatoms. The number of aryl methyl sites for hydroxylation is 2. The molecule has 0 spiro atoms. The number of carbonyl (C=O) groups excluding carboxylic acids is 1. The van der Waals surface area contributed by atoms with E-state index in [1.54, 1.807) is 0 Å². The molecular weight excluding hydrogens is 186 g/mol. The Morgan fingerprint density at radius 3 is 2.33 bits per heavy atom. The largest absolute Gasteiger partial charge is 0.240 e. The van der Waals surface area contributed by atoms with Gasteiger partial charge in [0, 0.05) is 5.48 Å². The van der Waals surface area contributed by atoms with Crippen molar-refractivity contribution < 1.29 is 10.3 Å². The molecule has 1 aromatic rings. The molecule has 3 rings (SSSR count). The molecule has 0 atom stereocenters. The Labute approximate surface area is 94.7 Å². The zero-order chi connectivity index (χ0) is 13.8. The minimum Gasteiger partial charge on any atom is -0.211 e. The first-order chi connectivity index (χ1) is 8.87. The van der Waals surface area contributed by atoms with Crippen LogP contribution in [0.25, 0.3) is 0 Å². The Morgan fingerprint density at radius 1 is 1.20 bits per heavy atom. The summed E-state index contributed by atoms with van der Waals surface area (Å²) in [5, 5.41) is 0. The number of rotatable bonds is 1. The van der Waals surface area contributed by atoms with Crippen LogP contribution in [0.4, 0.5) is 5.69 Å². The normalized spacial score (nSPS) is 27.7. The fourth-order valence-electron chi connectivity index (χ4n) is 2.37. The highest BCUT2D eigenvalue weighted by Gasteiger charge is 2.23. The highest BCUT2D eigenvalue weighted by molar-refractivity contribution is 5.65. The molecule has 0 heterocycles. The third-order valence-corrected chi connectivity index (χ3v) is 3.01. The maximum absolute atomic E-state index is 10.7. The number of hydrogen-bond donors (Lipinski definition) is 0. The molecule has 2 aliphatic rings. The van der Waals surface area contributed by atoms with Gasteiger partial charge in [-0.25, -0.2) is 4.79 Å². The topological polar surface area (TPSA) is 29.4 Å². The Hall–Kier alpha value is -1.40. The molecule has 76 valence electrons. The van der Waals surface area contributed by atoms with Crippen LogP contribution in [0, 0.1) is 0 Å². The Morgan fingerprint density at radius 2 is 1.80 bits per heavy atom. The van der Waals surface area contributed by atoms with Crippen molar-refractivity contribution in [2.75, 3.05) is 0 Å². The summed E-state index contributed by atoms with van der Waals surface area (Å²) in [7, 11) is 0. The molecule has 0 radical (unpaired) electrons.